The summed E-state index contributed by atoms with van der Waals surface area (Å²) in [4.78, 5) is 15.0. The van der Waals surface area contributed by atoms with E-state index >= 15 is 0 Å². The largest absolute Gasteiger partial charge is 0.469 e. The van der Waals surface area contributed by atoms with Crippen LogP contribution in [0.2, 0.25) is 0 Å². The van der Waals surface area contributed by atoms with Crippen LogP contribution >= 0.6 is 31.9 Å². The van der Waals surface area contributed by atoms with Crippen molar-refractivity contribution in [1.29, 1.82) is 0 Å². The van der Waals surface area contributed by atoms with E-state index in [-0.39, 0.29) is 12.1 Å². The van der Waals surface area contributed by atoms with Crippen LogP contribution in [-0.2, 0) is 9.53 Å². The van der Waals surface area contributed by atoms with Gasteiger partial charge in [0.2, 0.25) is 0 Å². The Hall–Kier alpha value is -0.130. The summed E-state index contributed by atoms with van der Waals surface area (Å²) in [6.07, 6.45) is 12.8. The Bertz CT molecular complexity index is 419. The second kappa shape index (κ2) is 18.2. The van der Waals surface area contributed by atoms with Gasteiger partial charge in [0.1, 0.15) is 0 Å². The van der Waals surface area contributed by atoms with E-state index in [9.17, 15) is 9.90 Å². The summed E-state index contributed by atoms with van der Waals surface area (Å²) >= 11 is 6.97. The minimum absolute atomic E-state index is 0.123. The van der Waals surface area contributed by atoms with E-state index in [1.807, 2.05) is 9.97 Å². The van der Waals surface area contributed by atoms with Crippen molar-refractivity contribution in [3.8, 4) is 0 Å². The fraction of sp³-hybridized carbons (Fsp3) is 0.762. The normalized spacial score (nSPS) is 13.7. The SMILES string of the molecule is CCCCCC(=CBr)C(=CBr)CCC(O)CCCCCCCC(=O)OC. The van der Waals surface area contributed by atoms with Gasteiger partial charge in [-0.3, -0.25) is 4.79 Å². The number of esters is 1. The molecule has 3 nitrogen and oxygen atoms in total. The van der Waals surface area contributed by atoms with E-state index in [4.69, 9.17) is 0 Å². The minimum Gasteiger partial charge on any atom is -0.469 e. The monoisotopic (exact) mass is 494 g/mol. The standard InChI is InChI=1S/C21H36Br2O3/c1-3-4-8-11-18(16-22)19(17-23)14-15-20(24)12-9-6-5-7-10-13-21(25)26-2/h16-17,20,24H,3-15H2,1-2H3. The first-order valence-corrected chi connectivity index (χ1v) is 11.8. The van der Waals surface area contributed by atoms with Crippen LogP contribution < -0.4 is 0 Å². The summed E-state index contributed by atoms with van der Waals surface area (Å²) in [5.41, 5.74) is 2.60. The van der Waals surface area contributed by atoms with Crippen LogP contribution in [0.4, 0.5) is 0 Å². The average molecular weight is 496 g/mol. The molecule has 152 valence electrons. The summed E-state index contributed by atoms with van der Waals surface area (Å²) in [6, 6.07) is 0. The third-order valence-corrected chi connectivity index (χ3v) is 5.72. The Kier molecular flexibility index (Phi) is 18.2. The van der Waals surface area contributed by atoms with E-state index in [0.29, 0.717) is 6.42 Å². The highest BCUT2D eigenvalue weighted by Crippen LogP contribution is 2.26. The molecule has 0 aromatic heterocycles. The second-order valence-electron chi connectivity index (χ2n) is 6.80. The molecule has 0 aromatic rings. The number of carbonyl (C=O) groups excluding carboxylic acids is 1. The number of aliphatic hydroxyl groups excluding tert-OH is 1. The van der Waals surface area contributed by atoms with Crippen LogP contribution in [0.3, 0.4) is 0 Å². The lowest BCUT2D eigenvalue weighted by molar-refractivity contribution is -0.140. The number of carbonyl (C=O) groups is 1. The number of hydrogen-bond donors (Lipinski definition) is 1. The van der Waals surface area contributed by atoms with Gasteiger partial charge in [-0.1, -0.05) is 77.3 Å². The van der Waals surface area contributed by atoms with Crippen LogP contribution in [0.25, 0.3) is 0 Å². The smallest absolute Gasteiger partial charge is 0.305 e. The van der Waals surface area contributed by atoms with Gasteiger partial charge in [0, 0.05) is 6.42 Å². The van der Waals surface area contributed by atoms with E-state index < -0.39 is 0 Å². The highest BCUT2D eigenvalue weighted by molar-refractivity contribution is 9.11. The van der Waals surface area contributed by atoms with Crippen molar-refractivity contribution in [3.05, 3.63) is 21.1 Å². The highest BCUT2D eigenvalue weighted by atomic mass is 79.9. The first kappa shape index (κ1) is 25.9. The molecule has 0 aromatic carbocycles. The summed E-state index contributed by atoms with van der Waals surface area (Å²) < 4.78 is 4.63. The third kappa shape index (κ3) is 14.0. The Labute approximate surface area is 176 Å². The maximum Gasteiger partial charge on any atom is 0.305 e. The van der Waals surface area contributed by atoms with Gasteiger partial charge in [-0.25, -0.2) is 0 Å². The van der Waals surface area contributed by atoms with E-state index in [2.05, 4.69) is 43.5 Å². The van der Waals surface area contributed by atoms with Crippen LogP contribution in [-0.4, -0.2) is 24.3 Å². The number of hydrogen-bond acceptors (Lipinski definition) is 3. The number of aliphatic hydroxyl groups is 1. The number of halogens is 2. The van der Waals surface area contributed by atoms with Crippen LogP contribution in [0, 0.1) is 0 Å². The minimum atomic E-state index is -0.236. The summed E-state index contributed by atoms with van der Waals surface area (Å²) in [5, 5.41) is 10.2. The molecule has 0 radical (unpaired) electrons. The van der Waals surface area contributed by atoms with Gasteiger partial charge < -0.3 is 9.84 Å². The van der Waals surface area contributed by atoms with Gasteiger partial charge in [-0.15, -0.1) is 0 Å². The molecule has 0 aliphatic carbocycles. The van der Waals surface area contributed by atoms with Crippen molar-refractivity contribution in [1.82, 2.24) is 0 Å². The Morgan fingerprint density at radius 3 is 2.08 bits per heavy atom. The molecule has 0 saturated carbocycles. The number of allylic oxidation sites excluding steroid dienone is 2. The number of methoxy groups -OCH3 is 1. The van der Waals surface area contributed by atoms with Gasteiger partial charge >= 0.3 is 5.97 Å². The van der Waals surface area contributed by atoms with Crippen molar-refractivity contribution in [3.63, 3.8) is 0 Å². The molecule has 1 atom stereocenters. The third-order valence-electron chi connectivity index (χ3n) is 4.62. The maximum atomic E-state index is 11.0. The number of ether oxygens (including phenoxy) is 1. The lowest BCUT2D eigenvalue weighted by atomic mass is 9.96. The molecule has 0 fully saturated rings. The predicted molar refractivity (Wildman–Crippen MR) is 118 cm³/mol. The van der Waals surface area contributed by atoms with Crippen LogP contribution in [0.1, 0.15) is 90.4 Å². The van der Waals surface area contributed by atoms with Gasteiger partial charge in [0.25, 0.3) is 0 Å². The van der Waals surface area contributed by atoms with E-state index in [1.54, 1.807) is 0 Å². The maximum absolute atomic E-state index is 11.0. The molecule has 0 spiro atoms. The highest BCUT2D eigenvalue weighted by Gasteiger charge is 2.09. The van der Waals surface area contributed by atoms with Crippen molar-refractivity contribution in [2.24, 2.45) is 0 Å². The molecule has 0 aliphatic heterocycles. The van der Waals surface area contributed by atoms with Crippen LogP contribution in [0.15, 0.2) is 21.1 Å². The molecule has 0 heterocycles. The van der Waals surface area contributed by atoms with Gasteiger partial charge in [-0.2, -0.15) is 0 Å². The molecule has 5 heteroatoms. The molecular weight excluding hydrogens is 460 g/mol. The van der Waals surface area contributed by atoms with Crippen molar-refractivity contribution < 1.29 is 14.6 Å². The zero-order chi connectivity index (χ0) is 19.6. The van der Waals surface area contributed by atoms with Crippen molar-refractivity contribution >= 4 is 37.8 Å². The Morgan fingerprint density at radius 2 is 1.46 bits per heavy atom. The quantitative estimate of drug-likeness (QED) is 0.140. The first-order valence-electron chi connectivity index (χ1n) is 9.92. The molecule has 0 rings (SSSR count). The fourth-order valence-corrected chi connectivity index (χ4v) is 3.93. The first-order chi connectivity index (χ1) is 12.6. The molecule has 1 N–H and O–H groups in total. The number of unbranched alkanes of at least 4 members (excludes halogenated alkanes) is 6. The van der Waals surface area contributed by atoms with Gasteiger partial charge in [0.15, 0.2) is 0 Å². The Balaban J connectivity index is 3.87. The predicted octanol–water partition coefficient (Wildman–Crippen LogP) is 7.17. The van der Waals surface area contributed by atoms with Crippen molar-refractivity contribution in [2.75, 3.05) is 7.11 Å². The van der Waals surface area contributed by atoms with E-state index in [1.165, 1.54) is 37.5 Å². The molecule has 0 saturated heterocycles. The number of rotatable bonds is 16. The lowest BCUT2D eigenvalue weighted by Gasteiger charge is -2.14. The average Bonchev–Trinajstić information content (AvgIpc) is 2.65. The molecule has 0 aliphatic rings. The molecule has 0 amide bonds. The topological polar surface area (TPSA) is 46.5 Å². The van der Waals surface area contributed by atoms with E-state index in [0.717, 1.165) is 57.8 Å². The van der Waals surface area contributed by atoms with Gasteiger partial charge in [0.05, 0.1) is 13.2 Å². The fourth-order valence-electron chi connectivity index (χ4n) is 2.88. The second-order valence-corrected chi connectivity index (χ2v) is 7.72. The summed E-state index contributed by atoms with van der Waals surface area (Å²) in [7, 11) is 1.43. The molecular formula is C21H36Br2O3. The van der Waals surface area contributed by atoms with Crippen molar-refractivity contribution in [2.45, 2.75) is 96.5 Å². The zero-order valence-corrected chi connectivity index (χ0v) is 19.6. The summed E-state index contributed by atoms with van der Waals surface area (Å²) in [6.45, 7) is 2.22. The zero-order valence-electron chi connectivity index (χ0n) is 16.4. The van der Waals surface area contributed by atoms with Gasteiger partial charge in [-0.05, 0) is 59.6 Å². The van der Waals surface area contributed by atoms with Crippen LogP contribution in [0.5, 0.6) is 0 Å². The molecule has 1 unspecified atom stereocenters. The molecule has 26 heavy (non-hydrogen) atoms. The Morgan fingerprint density at radius 1 is 0.885 bits per heavy atom. The molecule has 0 bridgehead atoms. The summed E-state index contributed by atoms with van der Waals surface area (Å²) in [5.74, 6) is -0.123. The lowest BCUT2D eigenvalue weighted by Crippen LogP contribution is -2.07.